The average molecular weight is 332 g/mol. The Morgan fingerprint density at radius 3 is 2.65 bits per heavy atom. The summed E-state index contributed by atoms with van der Waals surface area (Å²) in [5, 5.41) is 19.2. The normalized spacial score (nSPS) is 11.0. The predicted molar refractivity (Wildman–Crippen MR) is 87.1 cm³/mol. The Balaban J connectivity index is 2.13. The molecule has 0 saturated heterocycles. The molecule has 0 bridgehead atoms. The molecule has 0 amide bonds. The maximum absolute atomic E-state index is 12.8. The maximum atomic E-state index is 12.8. The van der Waals surface area contributed by atoms with Gasteiger partial charge in [0.1, 0.15) is 5.69 Å². The first-order valence-corrected chi connectivity index (χ1v) is 7.22. The van der Waals surface area contributed by atoms with E-state index < -0.39 is 0 Å². The van der Waals surface area contributed by atoms with Crippen molar-refractivity contribution < 1.29 is 15.2 Å². The van der Waals surface area contributed by atoms with Gasteiger partial charge in [0.2, 0.25) is 0 Å². The number of anilines is 1. The van der Waals surface area contributed by atoms with Crippen molar-refractivity contribution in [1.29, 1.82) is 0 Å². The molecule has 0 aliphatic heterocycles. The fourth-order valence-corrected chi connectivity index (χ4v) is 2.71. The van der Waals surface area contributed by atoms with E-state index >= 15 is 0 Å². The van der Waals surface area contributed by atoms with Crippen LogP contribution < -0.4 is 11.0 Å². The zero-order chi connectivity index (χ0) is 16.6. The molecule has 0 aliphatic carbocycles. The first-order chi connectivity index (χ1) is 11.0. The largest absolute Gasteiger partial charge is 0.326 e. The summed E-state index contributed by atoms with van der Waals surface area (Å²) in [5.74, 6) is -0.319. The molecule has 6 nitrogen and oxygen atoms in total. The summed E-state index contributed by atoms with van der Waals surface area (Å²) < 4.78 is 1.49. The molecular formula is C16H14ClN3O3. The van der Waals surface area contributed by atoms with E-state index in [9.17, 15) is 4.79 Å². The zero-order valence-electron chi connectivity index (χ0n) is 12.0. The van der Waals surface area contributed by atoms with Crippen LogP contribution in [0.25, 0.3) is 10.9 Å². The van der Waals surface area contributed by atoms with E-state index in [0.717, 1.165) is 16.5 Å². The highest BCUT2D eigenvalue weighted by atomic mass is 35.5. The minimum atomic E-state index is -0.319. The van der Waals surface area contributed by atoms with Crippen LogP contribution in [0.3, 0.4) is 0 Å². The molecule has 1 aromatic heterocycles. The van der Waals surface area contributed by atoms with Gasteiger partial charge in [-0.1, -0.05) is 29.8 Å². The van der Waals surface area contributed by atoms with Gasteiger partial charge in [-0.25, -0.2) is 0 Å². The Kier molecular flexibility index (Phi) is 4.06. The van der Waals surface area contributed by atoms with Crippen LogP contribution >= 0.6 is 11.6 Å². The van der Waals surface area contributed by atoms with Crippen molar-refractivity contribution in [1.82, 2.24) is 4.57 Å². The lowest BCUT2D eigenvalue weighted by Gasteiger charge is -2.12. The second-order valence-corrected chi connectivity index (χ2v) is 5.41. The fourth-order valence-electron chi connectivity index (χ4n) is 2.52. The molecular weight excluding hydrogens is 318 g/mol. The Morgan fingerprint density at radius 2 is 1.96 bits per heavy atom. The molecule has 2 aromatic carbocycles. The fraction of sp³-hybridized carbons (Fsp3) is 0.0625. The molecule has 0 radical (unpaired) electrons. The van der Waals surface area contributed by atoms with E-state index in [4.69, 9.17) is 27.7 Å². The Labute approximate surface area is 136 Å². The Bertz CT molecular complexity index is 889. The van der Waals surface area contributed by atoms with Crippen LogP contribution in [0.15, 0.2) is 48.7 Å². The van der Waals surface area contributed by atoms with E-state index in [1.54, 1.807) is 6.20 Å². The number of aromatic nitrogens is 1. The van der Waals surface area contributed by atoms with Gasteiger partial charge in [-0.05, 0) is 29.8 Å². The van der Waals surface area contributed by atoms with Crippen molar-refractivity contribution in [3.8, 4) is 0 Å². The standard InChI is InChI=1S/C16H14ClN3O3/c17-13-6-5-10(7-15(13)20(22)23)16(21)19-9-11(8-18)12-3-1-2-4-14(12)19/h1-7,9,22-23H,8,18H2. The third-order valence-electron chi connectivity index (χ3n) is 3.64. The summed E-state index contributed by atoms with van der Waals surface area (Å²) in [6, 6.07) is 11.7. The summed E-state index contributed by atoms with van der Waals surface area (Å²) in [6.07, 6.45) is 1.69. The Hall–Kier alpha value is -2.38. The van der Waals surface area contributed by atoms with Crippen LogP contribution in [-0.4, -0.2) is 20.9 Å². The van der Waals surface area contributed by atoms with Crippen molar-refractivity contribution in [3.05, 3.63) is 64.8 Å². The van der Waals surface area contributed by atoms with Gasteiger partial charge in [0, 0.05) is 23.7 Å². The molecule has 0 saturated carbocycles. The van der Waals surface area contributed by atoms with Crippen molar-refractivity contribution in [2.24, 2.45) is 5.73 Å². The first kappa shape index (κ1) is 15.5. The molecule has 23 heavy (non-hydrogen) atoms. The molecule has 3 rings (SSSR count). The van der Waals surface area contributed by atoms with Gasteiger partial charge < -0.3 is 5.73 Å². The molecule has 0 fully saturated rings. The number of nitrogens with zero attached hydrogens (tertiary/aromatic N) is 2. The van der Waals surface area contributed by atoms with Gasteiger partial charge >= 0.3 is 0 Å². The maximum Gasteiger partial charge on any atom is 0.262 e. The number of para-hydroxylation sites is 1. The number of hydrogen-bond donors (Lipinski definition) is 3. The van der Waals surface area contributed by atoms with Crippen molar-refractivity contribution in [3.63, 3.8) is 0 Å². The first-order valence-electron chi connectivity index (χ1n) is 6.84. The van der Waals surface area contributed by atoms with Crippen LogP contribution in [0.1, 0.15) is 15.9 Å². The van der Waals surface area contributed by atoms with Gasteiger partial charge in [-0.15, -0.1) is 5.23 Å². The minimum absolute atomic E-state index is 0.0759. The number of benzene rings is 2. The predicted octanol–water partition coefficient (Wildman–Crippen LogP) is 3.03. The van der Waals surface area contributed by atoms with E-state index in [2.05, 4.69) is 0 Å². The van der Waals surface area contributed by atoms with Gasteiger partial charge in [-0.2, -0.15) is 0 Å². The third-order valence-corrected chi connectivity index (χ3v) is 3.96. The van der Waals surface area contributed by atoms with Crippen molar-refractivity contribution in [2.45, 2.75) is 6.54 Å². The number of hydrogen-bond acceptors (Lipinski definition) is 5. The Morgan fingerprint density at radius 1 is 1.22 bits per heavy atom. The number of carbonyl (C=O) groups excluding carboxylic acids is 1. The SMILES string of the molecule is NCc1cn(C(=O)c2ccc(Cl)c(N(O)O)c2)c2ccccc12. The van der Waals surface area contributed by atoms with Crippen molar-refractivity contribution in [2.75, 3.05) is 5.23 Å². The summed E-state index contributed by atoms with van der Waals surface area (Å²) in [7, 11) is 0. The van der Waals surface area contributed by atoms with Gasteiger partial charge in [0.15, 0.2) is 0 Å². The monoisotopic (exact) mass is 331 g/mol. The molecule has 118 valence electrons. The highest BCUT2D eigenvalue weighted by Gasteiger charge is 2.17. The van der Waals surface area contributed by atoms with Gasteiger partial charge in [0.25, 0.3) is 5.91 Å². The molecule has 4 N–H and O–H groups in total. The van der Waals surface area contributed by atoms with Crippen LogP contribution in [0.5, 0.6) is 0 Å². The van der Waals surface area contributed by atoms with Crippen LogP contribution in [0, 0.1) is 0 Å². The minimum Gasteiger partial charge on any atom is -0.326 e. The number of halogens is 1. The van der Waals surface area contributed by atoms with E-state index in [1.807, 2.05) is 24.3 Å². The van der Waals surface area contributed by atoms with Gasteiger partial charge in [-0.3, -0.25) is 19.8 Å². The van der Waals surface area contributed by atoms with Crippen LogP contribution in [-0.2, 0) is 6.54 Å². The lowest BCUT2D eigenvalue weighted by molar-refractivity contribution is 0.0292. The van der Waals surface area contributed by atoms with Crippen LogP contribution in [0.4, 0.5) is 5.69 Å². The van der Waals surface area contributed by atoms with Crippen LogP contribution in [0.2, 0.25) is 5.02 Å². The highest BCUT2D eigenvalue weighted by molar-refractivity contribution is 6.33. The van der Waals surface area contributed by atoms with E-state index in [-0.39, 0.29) is 27.4 Å². The zero-order valence-corrected chi connectivity index (χ0v) is 12.7. The second kappa shape index (κ2) is 6.02. The molecule has 0 spiro atoms. The number of carbonyl (C=O) groups is 1. The van der Waals surface area contributed by atoms with E-state index in [1.165, 1.54) is 22.8 Å². The average Bonchev–Trinajstić information content (AvgIpc) is 2.93. The summed E-state index contributed by atoms with van der Waals surface area (Å²) in [5.41, 5.74) is 7.52. The smallest absolute Gasteiger partial charge is 0.262 e. The number of nitrogens with two attached hydrogens (primary N) is 1. The molecule has 0 aliphatic rings. The molecule has 7 heteroatoms. The number of rotatable bonds is 3. The summed E-state index contributed by atoms with van der Waals surface area (Å²) in [6.45, 7) is 0.313. The molecule has 1 heterocycles. The highest BCUT2D eigenvalue weighted by Crippen LogP contribution is 2.27. The second-order valence-electron chi connectivity index (χ2n) is 5.01. The topological polar surface area (TPSA) is 91.7 Å². The quantitative estimate of drug-likeness (QED) is 0.642. The summed E-state index contributed by atoms with van der Waals surface area (Å²) in [4.78, 5) is 12.8. The number of fused-ring (bicyclic) bond motifs is 1. The van der Waals surface area contributed by atoms with Crippen molar-refractivity contribution >= 4 is 34.1 Å². The lowest BCUT2D eigenvalue weighted by Crippen LogP contribution is -2.15. The molecule has 3 aromatic rings. The third kappa shape index (κ3) is 2.69. The van der Waals surface area contributed by atoms with E-state index in [0.29, 0.717) is 6.54 Å². The lowest BCUT2D eigenvalue weighted by atomic mass is 10.1. The van der Waals surface area contributed by atoms with Gasteiger partial charge in [0.05, 0.1) is 10.5 Å². The molecule has 0 atom stereocenters. The summed E-state index contributed by atoms with van der Waals surface area (Å²) >= 11 is 5.87. The molecule has 0 unspecified atom stereocenters.